The first-order valence-corrected chi connectivity index (χ1v) is 14.2. The highest BCUT2D eigenvalue weighted by molar-refractivity contribution is 5.86. The lowest BCUT2D eigenvalue weighted by molar-refractivity contribution is -0.274. The Morgan fingerprint density at radius 3 is 2.47 bits per heavy atom. The maximum absolute atomic E-state index is 13.9. The van der Waals surface area contributed by atoms with Gasteiger partial charge >= 0.3 is 6.36 Å². The van der Waals surface area contributed by atoms with Crippen LogP contribution in [0.4, 0.5) is 23.4 Å². The number of aromatic nitrogens is 7. The van der Waals surface area contributed by atoms with E-state index < -0.39 is 18.2 Å². The van der Waals surface area contributed by atoms with Gasteiger partial charge in [-0.1, -0.05) is 12.1 Å². The summed E-state index contributed by atoms with van der Waals surface area (Å²) in [4.78, 5) is 18.5. The van der Waals surface area contributed by atoms with E-state index in [1.807, 2.05) is 10.7 Å². The third-order valence-corrected chi connectivity index (χ3v) is 8.23. The number of imidazole rings is 1. The van der Waals surface area contributed by atoms with E-state index in [0.717, 1.165) is 35.3 Å². The van der Waals surface area contributed by atoms with Crippen LogP contribution in [0.25, 0.3) is 16.9 Å². The molecule has 1 saturated heterocycles. The Bertz CT molecular complexity index is 1750. The number of nitrogens with zero attached hydrogens (tertiary/aromatic N) is 9. The van der Waals surface area contributed by atoms with Gasteiger partial charge in [-0.05, 0) is 62.4 Å². The highest BCUT2D eigenvalue weighted by atomic mass is 19.4. The number of piperazine rings is 1. The summed E-state index contributed by atoms with van der Waals surface area (Å²) in [7, 11) is 0. The van der Waals surface area contributed by atoms with Crippen molar-refractivity contribution >= 4 is 22.8 Å². The average Bonchev–Trinajstić information content (AvgIpc) is 3.48. The van der Waals surface area contributed by atoms with Crippen molar-refractivity contribution in [2.24, 2.45) is 5.92 Å². The summed E-state index contributed by atoms with van der Waals surface area (Å²) in [5, 5.41) is 8.35. The molecule has 0 spiro atoms. The topological polar surface area (TPSA) is 89.5 Å². The maximum atomic E-state index is 13.9. The molecule has 224 valence electrons. The Morgan fingerprint density at radius 2 is 1.77 bits per heavy atom. The highest BCUT2D eigenvalue weighted by Crippen LogP contribution is 2.37. The van der Waals surface area contributed by atoms with Crippen LogP contribution in [0.3, 0.4) is 0 Å². The fourth-order valence-electron chi connectivity index (χ4n) is 6.03. The molecule has 1 aliphatic carbocycles. The lowest BCUT2D eigenvalue weighted by Gasteiger charge is -2.47. The Kier molecular flexibility index (Phi) is 6.67. The molecule has 14 heteroatoms. The van der Waals surface area contributed by atoms with Crippen LogP contribution in [-0.2, 0) is 6.54 Å². The van der Waals surface area contributed by atoms with Crippen LogP contribution in [0.1, 0.15) is 44.0 Å². The molecule has 7 rings (SSSR count). The highest BCUT2D eigenvalue weighted by Gasteiger charge is 2.38. The molecule has 0 bridgehead atoms. The summed E-state index contributed by atoms with van der Waals surface area (Å²) in [6.45, 7) is 6.20. The molecule has 2 aliphatic rings. The van der Waals surface area contributed by atoms with Crippen LogP contribution >= 0.6 is 0 Å². The maximum Gasteiger partial charge on any atom is 0.573 e. The lowest BCUT2D eigenvalue weighted by atomic mass is 9.96. The number of alkyl halides is 3. The molecule has 5 aromatic rings. The first-order valence-electron chi connectivity index (χ1n) is 14.2. The zero-order valence-corrected chi connectivity index (χ0v) is 23.5. The fourth-order valence-corrected chi connectivity index (χ4v) is 6.03. The molecule has 1 aromatic carbocycles. The van der Waals surface area contributed by atoms with Crippen molar-refractivity contribution in [1.29, 1.82) is 0 Å². The molecule has 0 radical (unpaired) electrons. The molecule has 0 amide bonds. The fraction of sp³-hybridized carbons (Fsp3) is 0.414. The molecule has 0 N–H and O–H groups in total. The van der Waals surface area contributed by atoms with Crippen molar-refractivity contribution in [3.63, 3.8) is 0 Å². The quantitative estimate of drug-likeness (QED) is 0.243. The Morgan fingerprint density at radius 1 is 0.977 bits per heavy atom. The number of fused-ring (bicyclic) bond motifs is 3. The molecule has 1 saturated carbocycles. The average molecular weight is 596 g/mol. The van der Waals surface area contributed by atoms with Gasteiger partial charge in [0.05, 0.1) is 24.3 Å². The molecule has 2 fully saturated rings. The number of rotatable bonds is 7. The Balaban J connectivity index is 1.23. The van der Waals surface area contributed by atoms with E-state index in [1.165, 1.54) is 37.1 Å². The van der Waals surface area contributed by atoms with Crippen LogP contribution in [0.2, 0.25) is 0 Å². The van der Waals surface area contributed by atoms with Crippen LogP contribution in [0, 0.1) is 11.7 Å². The van der Waals surface area contributed by atoms with Crippen LogP contribution in [0.15, 0.2) is 55.2 Å². The summed E-state index contributed by atoms with van der Waals surface area (Å²) in [5.74, 6) is 1.09. The van der Waals surface area contributed by atoms with Gasteiger partial charge in [-0.25, -0.2) is 13.8 Å². The van der Waals surface area contributed by atoms with E-state index in [4.69, 9.17) is 9.97 Å². The minimum absolute atomic E-state index is 0.0402. The summed E-state index contributed by atoms with van der Waals surface area (Å²) >= 11 is 0. The van der Waals surface area contributed by atoms with Gasteiger partial charge in [0.2, 0.25) is 0 Å². The standard InChI is InChI=1S/C29H29F4N9O/c1-17-13-41(26-24-27(42-16-36-38-28(42)37-26)39(15-35-24)14-19-3-4-19)18(2)12-40(17)25(20-5-7-21(30)8-6-20)23-10-9-22(11-34-23)43-29(31,32)33/h5-11,15-19,25H,3-4,12-14H2,1-2H3/t17-,18+,25?/m1/s1. The van der Waals surface area contributed by atoms with Crippen LogP contribution < -0.4 is 9.64 Å². The number of benzene rings is 1. The molecular formula is C29H29F4N9O. The monoisotopic (exact) mass is 595 g/mol. The van der Waals surface area contributed by atoms with E-state index in [9.17, 15) is 17.6 Å². The van der Waals surface area contributed by atoms with Crippen molar-refractivity contribution in [2.45, 2.75) is 57.7 Å². The Labute approximate surface area is 243 Å². The summed E-state index contributed by atoms with van der Waals surface area (Å²) < 4.78 is 60.3. The second kappa shape index (κ2) is 10.4. The van der Waals surface area contributed by atoms with Gasteiger partial charge in [-0.3, -0.25) is 9.88 Å². The number of pyridine rings is 1. The zero-order valence-electron chi connectivity index (χ0n) is 23.5. The predicted octanol–water partition coefficient (Wildman–Crippen LogP) is 5.01. The number of hydrogen-bond donors (Lipinski definition) is 0. The van der Waals surface area contributed by atoms with Gasteiger partial charge in [0.1, 0.15) is 23.4 Å². The van der Waals surface area contributed by atoms with Crippen molar-refractivity contribution in [1.82, 2.24) is 39.0 Å². The van der Waals surface area contributed by atoms with E-state index in [0.29, 0.717) is 30.5 Å². The number of hydrogen-bond acceptors (Lipinski definition) is 8. The van der Waals surface area contributed by atoms with Gasteiger partial charge in [-0.15, -0.1) is 23.4 Å². The van der Waals surface area contributed by atoms with Crippen molar-refractivity contribution in [3.8, 4) is 5.75 Å². The SMILES string of the molecule is C[C@@H]1CN(c2nc3nncn3c3c2ncn3CC2CC2)[C@@H](C)CN1C(c1ccc(F)cc1)c1ccc(OC(F)(F)F)cn1. The van der Waals surface area contributed by atoms with E-state index in [1.54, 1.807) is 18.5 Å². The van der Waals surface area contributed by atoms with Crippen LogP contribution in [-0.4, -0.2) is 70.6 Å². The first kappa shape index (κ1) is 27.5. The van der Waals surface area contributed by atoms with E-state index in [-0.39, 0.29) is 17.9 Å². The minimum Gasteiger partial charge on any atom is -0.404 e. The van der Waals surface area contributed by atoms with Gasteiger partial charge < -0.3 is 14.2 Å². The van der Waals surface area contributed by atoms with Gasteiger partial charge in [0.25, 0.3) is 5.78 Å². The predicted molar refractivity (Wildman–Crippen MR) is 149 cm³/mol. The number of ether oxygens (including phenoxy) is 1. The molecule has 1 unspecified atom stereocenters. The molecule has 1 aliphatic heterocycles. The summed E-state index contributed by atoms with van der Waals surface area (Å²) in [6, 6.07) is 8.36. The second-order valence-electron chi connectivity index (χ2n) is 11.4. The third-order valence-electron chi connectivity index (χ3n) is 8.23. The molecular weight excluding hydrogens is 566 g/mol. The lowest BCUT2D eigenvalue weighted by Crippen LogP contribution is -2.57. The van der Waals surface area contributed by atoms with Gasteiger partial charge in [0, 0.05) is 31.7 Å². The Hall–Kier alpha value is -4.33. The number of anilines is 1. The minimum atomic E-state index is -4.82. The van der Waals surface area contributed by atoms with Crippen molar-refractivity contribution < 1.29 is 22.3 Å². The molecule has 5 heterocycles. The molecule has 10 nitrogen and oxygen atoms in total. The largest absolute Gasteiger partial charge is 0.573 e. The normalized spacial score (nSPS) is 20.7. The van der Waals surface area contributed by atoms with Crippen LogP contribution in [0.5, 0.6) is 5.75 Å². The molecule has 3 atom stereocenters. The van der Waals surface area contributed by atoms with Gasteiger partial charge in [0.15, 0.2) is 11.5 Å². The summed E-state index contributed by atoms with van der Waals surface area (Å²) in [6.07, 6.45) is 2.19. The van der Waals surface area contributed by atoms with Crippen molar-refractivity contribution in [3.05, 3.63) is 72.3 Å². The van der Waals surface area contributed by atoms with E-state index >= 15 is 0 Å². The number of halogens is 4. The smallest absolute Gasteiger partial charge is 0.404 e. The second-order valence-corrected chi connectivity index (χ2v) is 11.4. The molecule has 43 heavy (non-hydrogen) atoms. The molecule has 4 aromatic heterocycles. The summed E-state index contributed by atoms with van der Waals surface area (Å²) in [5.41, 5.74) is 2.99. The van der Waals surface area contributed by atoms with Gasteiger partial charge in [-0.2, -0.15) is 4.98 Å². The van der Waals surface area contributed by atoms with E-state index in [2.05, 4.69) is 48.1 Å². The first-order chi connectivity index (χ1) is 20.6. The van der Waals surface area contributed by atoms with Crippen molar-refractivity contribution in [2.75, 3.05) is 18.0 Å². The third kappa shape index (κ3) is 5.35. The zero-order chi connectivity index (χ0) is 29.9.